The molecule has 230 valence electrons. The Morgan fingerprint density at radius 1 is 0.864 bits per heavy atom. The number of fused-ring (bicyclic) bond motifs is 1. The monoisotopic (exact) mass is 595 g/mol. The highest BCUT2D eigenvalue weighted by atomic mass is 16.6. The molecule has 4 aromatic rings. The van der Waals surface area contributed by atoms with Crippen molar-refractivity contribution in [2.45, 2.75) is 71.7 Å². The van der Waals surface area contributed by atoms with E-state index >= 15 is 0 Å². The molecule has 0 saturated heterocycles. The standard InChI is InChI=1S/C36H41N3O5/c1-23(2)39(34(42)30(21-25-14-8-7-9-15-25)38-35(43)44-36(4,5)6)31(29-18-12-13-24(3)32(29)40)33(41)37-28-20-19-26-16-10-11-17-27(26)22-28/h7-20,22-23,30-31,40H,21H2,1-6H3,(H,37,41)(H,38,43). The van der Waals surface area contributed by atoms with Gasteiger partial charge in [-0.25, -0.2) is 4.79 Å². The molecule has 0 fully saturated rings. The Bertz CT molecular complexity index is 1630. The van der Waals surface area contributed by atoms with Gasteiger partial charge in [-0.3, -0.25) is 9.59 Å². The molecule has 4 rings (SSSR count). The van der Waals surface area contributed by atoms with Gasteiger partial charge < -0.3 is 25.4 Å². The number of anilines is 1. The minimum atomic E-state index is -1.22. The lowest BCUT2D eigenvalue weighted by Crippen LogP contribution is -2.55. The van der Waals surface area contributed by atoms with Crippen LogP contribution in [0.4, 0.5) is 10.5 Å². The Kier molecular flexibility index (Phi) is 9.94. The van der Waals surface area contributed by atoms with Crippen LogP contribution in [0.3, 0.4) is 0 Å². The zero-order chi connectivity index (χ0) is 32.0. The van der Waals surface area contributed by atoms with Crippen molar-refractivity contribution in [2.75, 3.05) is 5.32 Å². The minimum Gasteiger partial charge on any atom is -0.507 e. The number of phenols is 1. The second-order valence-corrected chi connectivity index (χ2v) is 12.2. The molecule has 0 aliphatic carbocycles. The van der Waals surface area contributed by atoms with Gasteiger partial charge in [0.1, 0.15) is 23.4 Å². The normalized spacial score (nSPS) is 12.8. The van der Waals surface area contributed by atoms with Crippen molar-refractivity contribution in [3.8, 4) is 5.75 Å². The number of phenolic OH excluding ortho intramolecular Hbond substituents is 1. The van der Waals surface area contributed by atoms with Crippen molar-refractivity contribution in [1.29, 1.82) is 0 Å². The fraction of sp³-hybridized carbons (Fsp3) is 0.306. The highest BCUT2D eigenvalue weighted by molar-refractivity contribution is 6.01. The Morgan fingerprint density at radius 3 is 2.18 bits per heavy atom. The quantitative estimate of drug-likeness (QED) is 0.195. The summed E-state index contributed by atoms with van der Waals surface area (Å²) in [5, 5.41) is 18.9. The summed E-state index contributed by atoms with van der Waals surface area (Å²) in [5.74, 6) is -1.07. The van der Waals surface area contributed by atoms with Crippen LogP contribution >= 0.6 is 0 Å². The predicted molar refractivity (Wildman–Crippen MR) is 173 cm³/mol. The maximum Gasteiger partial charge on any atom is 0.408 e. The molecule has 0 heterocycles. The molecule has 3 amide bonds. The van der Waals surface area contributed by atoms with Crippen LogP contribution in [0.15, 0.2) is 91.0 Å². The summed E-state index contributed by atoms with van der Waals surface area (Å²) in [5.41, 5.74) is 1.43. The number of rotatable bonds is 9. The molecule has 8 nitrogen and oxygen atoms in total. The zero-order valence-electron chi connectivity index (χ0n) is 26.1. The molecular formula is C36H41N3O5. The number of ether oxygens (including phenoxy) is 1. The maximum absolute atomic E-state index is 14.5. The average molecular weight is 596 g/mol. The Hall–Kier alpha value is -4.85. The molecule has 3 N–H and O–H groups in total. The van der Waals surface area contributed by atoms with Gasteiger partial charge in [0.05, 0.1) is 0 Å². The van der Waals surface area contributed by atoms with Crippen LogP contribution in [0.25, 0.3) is 10.8 Å². The molecule has 44 heavy (non-hydrogen) atoms. The average Bonchev–Trinajstić information content (AvgIpc) is 2.96. The van der Waals surface area contributed by atoms with Crippen LogP contribution in [0.5, 0.6) is 5.75 Å². The topological polar surface area (TPSA) is 108 Å². The smallest absolute Gasteiger partial charge is 0.408 e. The number of aryl methyl sites for hydroxylation is 1. The van der Waals surface area contributed by atoms with Crippen LogP contribution in [-0.2, 0) is 20.7 Å². The Labute approximate surface area is 259 Å². The van der Waals surface area contributed by atoms with E-state index in [1.807, 2.05) is 66.7 Å². The largest absolute Gasteiger partial charge is 0.507 e. The van der Waals surface area contributed by atoms with E-state index in [4.69, 9.17) is 4.74 Å². The third kappa shape index (κ3) is 7.95. The molecule has 0 aliphatic heterocycles. The summed E-state index contributed by atoms with van der Waals surface area (Å²) in [6.45, 7) is 10.6. The van der Waals surface area contributed by atoms with Gasteiger partial charge in [-0.1, -0.05) is 78.9 Å². The Morgan fingerprint density at radius 2 is 1.52 bits per heavy atom. The highest BCUT2D eigenvalue weighted by Crippen LogP contribution is 2.34. The molecule has 2 atom stereocenters. The number of amides is 3. The first-order chi connectivity index (χ1) is 20.8. The summed E-state index contributed by atoms with van der Waals surface area (Å²) in [7, 11) is 0. The van der Waals surface area contributed by atoms with Gasteiger partial charge >= 0.3 is 6.09 Å². The van der Waals surface area contributed by atoms with Gasteiger partial charge in [0.25, 0.3) is 5.91 Å². The molecule has 0 aliphatic rings. The van der Waals surface area contributed by atoms with E-state index in [9.17, 15) is 19.5 Å². The van der Waals surface area contributed by atoms with E-state index < -0.39 is 41.6 Å². The first-order valence-corrected chi connectivity index (χ1v) is 14.8. The van der Waals surface area contributed by atoms with Gasteiger partial charge in [-0.15, -0.1) is 0 Å². The Balaban J connectivity index is 1.77. The number of nitrogens with one attached hydrogen (secondary N) is 2. The van der Waals surface area contributed by atoms with E-state index in [1.54, 1.807) is 65.8 Å². The number of hydrogen-bond donors (Lipinski definition) is 3. The second-order valence-electron chi connectivity index (χ2n) is 12.2. The predicted octanol–water partition coefficient (Wildman–Crippen LogP) is 6.91. The van der Waals surface area contributed by atoms with Crippen LogP contribution in [-0.4, -0.2) is 45.6 Å². The van der Waals surface area contributed by atoms with Crippen molar-refractivity contribution in [1.82, 2.24) is 10.2 Å². The van der Waals surface area contributed by atoms with Crippen molar-refractivity contribution in [3.63, 3.8) is 0 Å². The number of aromatic hydroxyl groups is 1. The highest BCUT2D eigenvalue weighted by Gasteiger charge is 2.39. The van der Waals surface area contributed by atoms with Gasteiger partial charge in [0.2, 0.25) is 5.91 Å². The SMILES string of the molecule is Cc1cccc(C(C(=O)Nc2ccc3ccccc3c2)N(C(=O)C(Cc2ccccc2)NC(=O)OC(C)(C)C)C(C)C)c1O. The van der Waals surface area contributed by atoms with Crippen molar-refractivity contribution >= 4 is 34.4 Å². The molecule has 0 spiro atoms. The lowest BCUT2D eigenvalue weighted by molar-refractivity contribution is -0.143. The zero-order valence-corrected chi connectivity index (χ0v) is 26.1. The summed E-state index contributed by atoms with van der Waals surface area (Å²) in [6, 6.07) is 25.1. The molecule has 0 bridgehead atoms. The van der Waals surface area contributed by atoms with Gasteiger partial charge in [-0.2, -0.15) is 0 Å². The van der Waals surface area contributed by atoms with Crippen LogP contribution in [0.2, 0.25) is 0 Å². The molecular weight excluding hydrogens is 554 g/mol. The summed E-state index contributed by atoms with van der Waals surface area (Å²) >= 11 is 0. The number of para-hydroxylation sites is 1. The number of nitrogens with zero attached hydrogens (tertiary/aromatic N) is 1. The number of benzene rings is 4. The van der Waals surface area contributed by atoms with Gasteiger partial charge in [-0.05, 0) is 75.6 Å². The molecule has 0 radical (unpaired) electrons. The van der Waals surface area contributed by atoms with Gasteiger partial charge in [0, 0.05) is 23.7 Å². The van der Waals surface area contributed by atoms with Gasteiger partial charge in [0.15, 0.2) is 0 Å². The number of carbonyl (C=O) groups is 3. The van der Waals surface area contributed by atoms with Crippen LogP contribution < -0.4 is 10.6 Å². The van der Waals surface area contributed by atoms with Crippen molar-refractivity contribution < 1.29 is 24.2 Å². The van der Waals surface area contributed by atoms with E-state index in [0.717, 1.165) is 16.3 Å². The van der Waals surface area contributed by atoms with E-state index in [1.165, 1.54) is 4.90 Å². The summed E-state index contributed by atoms with van der Waals surface area (Å²) in [4.78, 5) is 43.1. The lowest BCUT2D eigenvalue weighted by atomic mass is 9.96. The fourth-order valence-corrected chi connectivity index (χ4v) is 5.16. The number of hydrogen-bond acceptors (Lipinski definition) is 5. The minimum absolute atomic E-state index is 0.0793. The molecule has 0 aromatic heterocycles. The first-order valence-electron chi connectivity index (χ1n) is 14.8. The number of carbonyl (C=O) groups excluding carboxylic acids is 3. The first kappa shape index (κ1) is 32.1. The second kappa shape index (κ2) is 13.6. The fourth-order valence-electron chi connectivity index (χ4n) is 5.16. The third-order valence-electron chi connectivity index (χ3n) is 7.19. The molecule has 8 heteroatoms. The van der Waals surface area contributed by atoms with E-state index in [2.05, 4.69) is 10.6 Å². The van der Waals surface area contributed by atoms with Crippen LogP contribution in [0.1, 0.15) is 57.4 Å². The number of alkyl carbamates (subject to hydrolysis) is 1. The summed E-state index contributed by atoms with van der Waals surface area (Å²) < 4.78 is 5.50. The molecule has 2 unspecified atom stereocenters. The van der Waals surface area contributed by atoms with Crippen molar-refractivity contribution in [2.24, 2.45) is 0 Å². The third-order valence-corrected chi connectivity index (χ3v) is 7.19. The molecule has 0 saturated carbocycles. The van der Waals surface area contributed by atoms with Crippen molar-refractivity contribution in [3.05, 3.63) is 108 Å². The lowest BCUT2D eigenvalue weighted by Gasteiger charge is -2.37. The molecule has 4 aromatic carbocycles. The van der Waals surface area contributed by atoms with E-state index in [0.29, 0.717) is 11.3 Å². The maximum atomic E-state index is 14.5. The van der Waals surface area contributed by atoms with Crippen LogP contribution in [0, 0.1) is 6.92 Å². The van der Waals surface area contributed by atoms with E-state index in [-0.39, 0.29) is 17.7 Å². The summed E-state index contributed by atoms with van der Waals surface area (Å²) in [6.07, 6.45) is -0.577.